The minimum atomic E-state index is -1.00. The molecule has 2 saturated heterocycles. The highest BCUT2D eigenvalue weighted by atomic mass is 16.2. The highest BCUT2D eigenvalue weighted by Crippen LogP contribution is 2.63. The van der Waals surface area contributed by atoms with E-state index < -0.39 is 5.41 Å². The molecule has 0 radical (unpaired) electrons. The van der Waals surface area contributed by atoms with Crippen molar-refractivity contribution in [3.63, 3.8) is 0 Å². The summed E-state index contributed by atoms with van der Waals surface area (Å²) in [4.78, 5) is 43.0. The number of nitrogens with zero attached hydrogens (tertiary/aromatic N) is 5. The Hall–Kier alpha value is -3.20. The predicted molar refractivity (Wildman–Crippen MR) is 142 cm³/mol. The zero-order valence-corrected chi connectivity index (χ0v) is 21.7. The lowest BCUT2D eigenvalue weighted by Crippen LogP contribution is -2.73. The summed E-state index contributed by atoms with van der Waals surface area (Å²) in [5, 5.41) is 6.24. The Bertz CT molecular complexity index is 1240. The normalized spacial score (nSPS) is 30.7. The molecule has 9 heteroatoms. The van der Waals surface area contributed by atoms with Crippen molar-refractivity contribution in [2.45, 2.75) is 57.5 Å². The minimum Gasteiger partial charge on any atom is -0.369 e. The van der Waals surface area contributed by atoms with Gasteiger partial charge in [0.15, 0.2) is 0 Å². The number of benzene rings is 1. The van der Waals surface area contributed by atoms with E-state index in [0.29, 0.717) is 43.1 Å². The van der Waals surface area contributed by atoms with E-state index in [1.807, 2.05) is 11.1 Å². The van der Waals surface area contributed by atoms with E-state index >= 15 is 0 Å². The zero-order valence-electron chi connectivity index (χ0n) is 21.7. The lowest BCUT2D eigenvalue weighted by atomic mass is 9.48. The first-order chi connectivity index (χ1) is 17.9. The van der Waals surface area contributed by atoms with Crippen LogP contribution in [-0.4, -0.2) is 71.0 Å². The molecule has 1 atom stereocenters. The van der Waals surface area contributed by atoms with Gasteiger partial charge < -0.3 is 15.5 Å². The van der Waals surface area contributed by atoms with Crippen LogP contribution in [-0.2, 0) is 16.0 Å². The first-order valence-corrected chi connectivity index (χ1v) is 13.7. The number of carbonyl (C=O) groups is 2. The third kappa shape index (κ3) is 3.46. The Morgan fingerprint density at radius 3 is 2.38 bits per heavy atom. The van der Waals surface area contributed by atoms with Gasteiger partial charge in [0.05, 0.1) is 5.54 Å². The van der Waals surface area contributed by atoms with Crippen molar-refractivity contribution in [2.24, 2.45) is 11.3 Å². The van der Waals surface area contributed by atoms with Gasteiger partial charge in [0.25, 0.3) is 0 Å². The second kappa shape index (κ2) is 8.15. The maximum absolute atomic E-state index is 13.9. The molecule has 2 amide bonds. The molecule has 8 rings (SSSR count). The Balaban J connectivity index is 1.12. The Morgan fingerprint density at radius 1 is 1.05 bits per heavy atom. The van der Waals surface area contributed by atoms with E-state index in [1.165, 1.54) is 5.69 Å². The first kappa shape index (κ1) is 23.0. The molecule has 2 bridgehead atoms. The van der Waals surface area contributed by atoms with Gasteiger partial charge in [-0.15, -0.1) is 0 Å². The summed E-state index contributed by atoms with van der Waals surface area (Å²) in [7, 11) is 0. The number of aromatic nitrogens is 2. The molecule has 194 valence electrons. The van der Waals surface area contributed by atoms with Crippen LogP contribution >= 0.6 is 0 Å². The molecule has 5 fully saturated rings. The maximum atomic E-state index is 13.9. The van der Waals surface area contributed by atoms with E-state index in [2.05, 4.69) is 63.5 Å². The van der Waals surface area contributed by atoms with Crippen LogP contribution in [0.3, 0.4) is 0 Å². The Kier molecular flexibility index (Phi) is 5.06. The fourth-order valence-electron chi connectivity index (χ4n) is 7.06. The molecular formula is C28H35N7O2. The monoisotopic (exact) mass is 501 g/mol. The van der Waals surface area contributed by atoms with E-state index in [0.717, 1.165) is 56.7 Å². The van der Waals surface area contributed by atoms with Gasteiger partial charge in [-0.05, 0) is 69.7 Å². The molecular weight excluding hydrogens is 466 g/mol. The predicted octanol–water partition coefficient (Wildman–Crippen LogP) is 2.70. The SMILES string of the molecule is CC(C)N1CCN(c2ccc(Nc3ncc4c(n3)N(C35CC(C3)C5)C(=O)[C@]3(CCNC3=O)C4)cc2)CC1. The molecule has 3 aliphatic carbocycles. The second-order valence-electron chi connectivity index (χ2n) is 11.9. The third-order valence-corrected chi connectivity index (χ3v) is 9.44. The highest BCUT2D eigenvalue weighted by molar-refractivity contribution is 6.15. The molecule has 3 aliphatic heterocycles. The van der Waals surface area contributed by atoms with Crippen molar-refractivity contribution in [1.82, 2.24) is 20.2 Å². The topological polar surface area (TPSA) is 93.7 Å². The van der Waals surface area contributed by atoms with Crippen LogP contribution in [0.1, 0.15) is 45.1 Å². The molecule has 0 unspecified atom stereocenters. The van der Waals surface area contributed by atoms with E-state index in [9.17, 15) is 9.59 Å². The van der Waals surface area contributed by atoms with Gasteiger partial charge >= 0.3 is 0 Å². The van der Waals surface area contributed by atoms with E-state index in [1.54, 1.807) is 0 Å². The molecule has 6 aliphatic rings. The molecule has 1 aromatic carbocycles. The van der Waals surface area contributed by atoms with Crippen molar-refractivity contribution in [1.29, 1.82) is 0 Å². The van der Waals surface area contributed by atoms with Crippen molar-refractivity contribution in [3.8, 4) is 0 Å². The summed E-state index contributed by atoms with van der Waals surface area (Å²) in [6.45, 7) is 9.30. The van der Waals surface area contributed by atoms with Crippen LogP contribution < -0.4 is 20.4 Å². The van der Waals surface area contributed by atoms with Gasteiger partial charge in [-0.1, -0.05) is 0 Å². The first-order valence-electron chi connectivity index (χ1n) is 13.7. The zero-order chi connectivity index (χ0) is 25.4. The average Bonchev–Trinajstić information content (AvgIpc) is 3.21. The van der Waals surface area contributed by atoms with Crippen LogP contribution in [0.5, 0.6) is 0 Å². The Labute approximate surface area is 217 Å². The van der Waals surface area contributed by atoms with Crippen LogP contribution in [0.2, 0.25) is 0 Å². The summed E-state index contributed by atoms with van der Waals surface area (Å²) < 4.78 is 0. The number of fused-ring (bicyclic) bond motifs is 1. The lowest BCUT2D eigenvalue weighted by Gasteiger charge is -2.67. The van der Waals surface area contributed by atoms with Crippen molar-refractivity contribution < 1.29 is 9.59 Å². The van der Waals surface area contributed by atoms with Gasteiger partial charge in [0, 0.05) is 68.3 Å². The number of anilines is 4. The van der Waals surface area contributed by atoms with Crippen molar-refractivity contribution in [3.05, 3.63) is 36.0 Å². The molecule has 37 heavy (non-hydrogen) atoms. The lowest BCUT2D eigenvalue weighted by molar-refractivity contribution is -0.144. The molecule has 2 aromatic rings. The Morgan fingerprint density at radius 2 is 1.78 bits per heavy atom. The molecule has 1 spiro atoms. The maximum Gasteiger partial charge on any atom is 0.244 e. The van der Waals surface area contributed by atoms with Gasteiger partial charge in [-0.3, -0.25) is 19.4 Å². The molecule has 3 saturated carbocycles. The number of nitrogens with one attached hydrogen (secondary N) is 2. The number of piperazine rings is 1. The van der Waals surface area contributed by atoms with Gasteiger partial charge in [0.2, 0.25) is 17.8 Å². The van der Waals surface area contributed by atoms with Crippen LogP contribution in [0.25, 0.3) is 0 Å². The van der Waals surface area contributed by atoms with Crippen molar-refractivity contribution >= 4 is 35.0 Å². The fraction of sp³-hybridized carbons (Fsp3) is 0.571. The number of hydrogen-bond acceptors (Lipinski definition) is 7. The standard InChI is InChI=1S/C28H35N7O2/c1-18(2)33-9-11-34(12-10-33)22-5-3-21(4-6-22)31-26-30-17-20-16-28(7-8-29-24(28)36)25(37)35(23(20)32-26)27-13-19(14-27)15-27/h3-6,17-19H,7-16H2,1-2H3,(H,29,36)(H,30,31,32)/t19?,27?,28-/m1/s1. The van der Waals surface area contributed by atoms with E-state index in [4.69, 9.17) is 4.98 Å². The van der Waals surface area contributed by atoms with Gasteiger partial charge in [0.1, 0.15) is 11.2 Å². The molecule has 1 aromatic heterocycles. The number of hydrogen-bond donors (Lipinski definition) is 2. The summed E-state index contributed by atoms with van der Waals surface area (Å²) in [5.74, 6) is 1.66. The summed E-state index contributed by atoms with van der Waals surface area (Å²) >= 11 is 0. The smallest absolute Gasteiger partial charge is 0.244 e. The fourth-order valence-corrected chi connectivity index (χ4v) is 7.06. The number of carbonyl (C=O) groups excluding carboxylic acids is 2. The molecule has 9 nitrogen and oxygen atoms in total. The van der Waals surface area contributed by atoms with Crippen molar-refractivity contribution in [2.75, 3.05) is 47.8 Å². The molecule has 2 N–H and O–H groups in total. The van der Waals surface area contributed by atoms with E-state index in [-0.39, 0.29) is 17.4 Å². The van der Waals surface area contributed by atoms with Crippen LogP contribution in [0.15, 0.2) is 30.5 Å². The van der Waals surface area contributed by atoms with Gasteiger partial charge in [-0.2, -0.15) is 4.98 Å². The summed E-state index contributed by atoms with van der Waals surface area (Å²) in [5.41, 5.74) is 1.86. The minimum absolute atomic E-state index is 0.0697. The average molecular weight is 502 g/mol. The van der Waals surface area contributed by atoms with Crippen LogP contribution in [0.4, 0.5) is 23.1 Å². The quantitative estimate of drug-likeness (QED) is 0.609. The number of rotatable bonds is 5. The molecule has 4 heterocycles. The second-order valence-corrected chi connectivity index (χ2v) is 11.9. The van der Waals surface area contributed by atoms with Gasteiger partial charge in [-0.25, -0.2) is 4.98 Å². The number of amides is 2. The summed E-state index contributed by atoms with van der Waals surface area (Å²) in [6, 6.07) is 9.01. The highest BCUT2D eigenvalue weighted by Gasteiger charge is 2.67. The van der Waals surface area contributed by atoms with Crippen LogP contribution in [0, 0.1) is 11.3 Å². The third-order valence-electron chi connectivity index (χ3n) is 9.44. The summed E-state index contributed by atoms with van der Waals surface area (Å²) in [6.07, 6.45) is 5.76. The largest absolute Gasteiger partial charge is 0.369 e.